The third-order valence-corrected chi connectivity index (χ3v) is 4.89. The van der Waals surface area contributed by atoms with Crippen LogP contribution in [0, 0.1) is 20.8 Å². The summed E-state index contributed by atoms with van der Waals surface area (Å²) in [5.41, 5.74) is 7.44. The minimum atomic E-state index is 1.18. The van der Waals surface area contributed by atoms with Gasteiger partial charge in [0.15, 0.2) is 0 Å². The Morgan fingerprint density at radius 3 is 2.04 bits per heavy atom. The lowest BCUT2D eigenvalue weighted by Crippen LogP contribution is -2.12. The minimum absolute atomic E-state index is 1.18. The van der Waals surface area contributed by atoms with Crippen molar-refractivity contribution in [2.45, 2.75) is 20.8 Å². The fourth-order valence-electron chi connectivity index (χ4n) is 3.56. The maximum atomic E-state index is 2.37. The van der Waals surface area contributed by atoms with E-state index >= 15 is 0 Å². The molecule has 0 aromatic heterocycles. The Morgan fingerprint density at radius 2 is 1.27 bits per heavy atom. The Kier molecular flexibility index (Phi) is 4.22. The molecule has 1 heteroatoms. The van der Waals surface area contributed by atoms with Crippen LogP contribution in [0.2, 0.25) is 0 Å². The van der Waals surface area contributed by atoms with E-state index < -0.39 is 0 Å². The molecular weight excluding hydrogens is 314 g/mol. The summed E-state index contributed by atoms with van der Waals surface area (Å²) in [4.78, 5) is 2.37. The average molecular weight is 337 g/mol. The minimum Gasteiger partial charge on any atom is -0.310 e. The fourth-order valence-corrected chi connectivity index (χ4v) is 3.56. The van der Waals surface area contributed by atoms with Gasteiger partial charge >= 0.3 is 0 Å². The highest BCUT2D eigenvalue weighted by Crippen LogP contribution is 2.40. The number of fused-ring (bicyclic) bond motifs is 1. The van der Waals surface area contributed by atoms with E-state index in [9.17, 15) is 0 Å². The Morgan fingerprint density at radius 1 is 0.577 bits per heavy atom. The van der Waals surface area contributed by atoms with Gasteiger partial charge in [0.25, 0.3) is 0 Å². The average Bonchev–Trinajstić information content (AvgIpc) is 2.65. The molecule has 0 heterocycles. The van der Waals surface area contributed by atoms with E-state index in [4.69, 9.17) is 0 Å². The first-order valence-corrected chi connectivity index (χ1v) is 9.05. The van der Waals surface area contributed by atoms with Crippen LogP contribution in [0.5, 0.6) is 0 Å². The highest BCUT2D eigenvalue weighted by Gasteiger charge is 2.16. The van der Waals surface area contributed by atoms with E-state index in [1.54, 1.807) is 0 Å². The first-order chi connectivity index (χ1) is 12.6. The molecule has 4 aromatic rings. The molecule has 0 aliphatic rings. The molecule has 128 valence electrons. The number of anilines is 3. The molecule has 0 unspecified atom stereocenters. The predicted octanol–water partition coefficient (Wildman–Crippen LogP) is 7.23. The molecule has 0 fully saturated rings. The second-order valence-electron chi connectivity index (χ2n) is 6.96. The quantitative estimate of drug-likeness (QED) is 0.381. The van der Waals surface area contributed by atoms with Crippen molar-refractivity contribution in [2.75, 3.05) is 4.90 Å². The predicted molar refractivity (Wildman–Crippen MR) is 113 cm³/mol. The highest BCUT2D eigenvalue weighted by molar-refractivity contribution is 5.99. The molecule has 0 atom stereocenters. The molecule has 1 nitrogen and oxygen atoms in total. The Labute approximate surface area is 155 Å². The summed E-state index contributed by atoms with van der Waals surface area (Å²) < 4.78 is 0. The molecule has 0 N–H and O–H groups in total. The third-order valence-electron chi connectivity index (χ3n) is 4.89. The van der Waals surface area contributed by atoms with Gasteiger partial charge in [-0.2, -0.15) is 0 Å². The largest absolute Gasteiger partial charge is 0.310 e. The number of hydrogen-bond acceptors (Lipinski definition) is 1. The van der Waals surface area contributed by atoms with Crippen LogP contribution in [0.4, 0.5) is 17.1 Å². The van der Waals surface area contributed by atoms with Crippen LogP contribution in [0.15, 0.2) is 84.9 Å². The van der Waals surface area contributed by atoms with Gasteiger partial charge in [0.2, 0.25) is 0 Å². The fraction of sp³-hybridized carbons (Fsp3) is 0.120. The van der Waals surface area contributed by atoms with Gasteiger partial charge in [-0.05, 0) is 56.0 Å². The van der Waals surface area contributed by atoms with Crippen LogP contribution in [-0.2, 0) is 0 Å². The molecule has 0 amide bonds. The third kappa shape index (κ3) is 2.97. The maximum Gasteiger partial charge on any atom is 0.0540 e. The number of hydrogen-bond donors (Lipinski definition) is 0. The van der Waals surface area contributed by atoms with Gasteiger partial charge in [-0.1, -0.05) is 71.8 Å². The lowest BCUT2D eigenvalue weighted by Gasteiger charge is -2.28. The summed E-state index contributed by atoms with van der Waals surface area (Å²) in [6, 6.07) is 30.5. The number of aryl methyl sites for hydroxylation is 3. The molecule has 4 rings (SSSR count). The van der Waals surface area contributed by atoms with Gasteiger partial charge in [-0.15, -0.1) is 0 Å². The second kappa shape index (κ2) is 6.68. The molecule has 0 bridgehead atoms. The molecule has 0 aliphatic heterocycles. The van der Waals surface area contributed by atoms with Crippen molar-refractivity contribution >= 4 is 27.8 Å². The molecule has 26 heavy (non-hydrogen) atoms. The number of benzene rings is 4. The van der Waals surface area contributed by atoms with E-state index in [0.717, 1.165) is 0 Å². The Bertz CT molecular complexity index is 1060. The number of nitrogens with zero attached hydrogens (tertiary/aromatic N) is 1. The normalized spacial score (nSPS) is 10.9. The summed E-state index contributed by atoms with van der Waals surface area (Å²) in [5, 5.41) is 2.52. The Balaban J connectivity index is 2.00. The lowest BCUT2D eigenvalue weighted by atomic mass is 10.0. The van der Waals surface area contributed by atoms with Crippen molar-refractivity contribution in [3.05, 3.63) is 102 Å². The molecule has 4 aromatic carbocycles. The smallest absolute Gasteiger partial charge is 0.0540 e. The van der Waals surface area contributed by atoms with E-state index in [0.29, 0.717) is 0 Å². The van der Waals surface area contributed by atoms with Gasteiger partial charge in [0.1, 0.15) is 0 Å². The van der Waals surface area contributed by atoms with Crippen LogP contribution < -0.4 is 4.90 Å². The van der Waals surface area contributed by atoms with Crippen molar-refractivity contribution in [3.63, 3.8) is 0 Å². The SMILES string of the molecule is Cc1ccc(N(c2ccc(C)cc2C)c2cccc3ccccc23)cc1. The van der Waals surface area contributed by atoms with Gasteiger partial charge in [-0.3, -0.25) is 0 Å². The zero-order chi connectivity index (χ0) is 18.1. The zero-order valence-corrected chi connectivity index (χ0v) is 15.5. The van der Waals surface area contributed by atoms with E-state index in [1.165, 1.54) is 44.5 Å². The van der Waals surface area contributed by atoms with E-state index in [2.05, 4.69) is 111 Å². The van der Waals surface area contributed by atoms with Crippen LogP contribution in [0.3, 0.4) is 0 Å². The van der Waals surface area contributed by atoms with Crippen LogP contribution in [0.1, 0.15) is 16.7 Å². The van der Waals surface area contributed by atoms with Crippen molar-refractivity contribution in [2.24, 2.45) is 0 Å². The summed E-state index contributed by atoms with van der Waals surface area (Å²) >= 11 is 0. The van der Waals surface area contributed by atoms with Crippen molar-refractivity contribution in [1.29, 1.82) is 0 Å². The van der Waals surface area contributed by atoms with Crippen molar-refractivity contribution in [1.82, 2.24) is 0 Å². The van der Waals surface area contributed by atoms with Crippen LogP contribution in [0.25, 0.3) is 10.8 Å². The molecule has 0 spiro atoms. The van der Waals surface area contributed by atoms with Gasteiger partial charge in [0.05, 0.1) is 5.69 Å². The van der Waals surface area contributed by atoms with Crippen molar-refractivity contribution in [3.8, 4) is 0 Å². The maximum absolute atomic E-state index is 2.37. The topological polar surface area (TPSA) is 3.24 Å². The first-order valence-electron chi connectivity index (χ1n) is 9.05. The molecular formula is C25H23N. The van der Waals surface area contributed by atoms with Crippen LogP contribution in [-0.4, -0.2) is 0 Å². The highest BCUT2D eigenvalue weighted by atomic mass is 15.1. The molecule has 0 saturated heterocycles. The monoisotopic (exact) mass is 337 g/mol. The van der Waals surface area contributed by atoms with E-state index in [1.807, 2.05) is 0 Å². The summed E-state index contributed by atoms with van der Waals surface area (Å²) in [7, 11) is 0. The summed E-state index contributed by atoms with van der Waals surface area (Å²) in [6.45, 7) is 6.46. The van der Waals surface area contributed by atoms with Crippen molar-refractivity contribution < 1.29 is 0 Å². The van der Waals surface area contributed by atoms with E-state index in [-0.39, 0.29) is 0 Å². The number of rotatable bonds is 3. The van der Waals surface area contributed by atoms with Gasteiger partial charge in [0, 0.05) is 16.8 Å². The van der Waals surface area contributed by atoms with Gasteiger partial charge < -0.3 is 4.90 Å². The second-order valence-corrected chi connectivity index (χ2v) is 6.96. The summed E-state index contributed by atoms with van der Waals surface area (Å²) in [6.07, 6.45) is 0. The summed E-state index contributed by atoms with van der Waals surface area (Å²) in [5.74, 6) is 0. The molecule has 0 radical (unpaired) electrons. The molecule has 0 aliphatic carbocycles. The molecule has 0 saturated carbocycles. The zero-order valence-electron chi connectivity index (χ0n) is 15.5. The van der Waals surface area contributed by atoms with Crippen LogP contribution >= 0.6 is 0 Å². The lowest BCUT2D eigenvalue weighted by molar-refractivity contribution is 1.24. The van der Waals surface area contributed by atoms with Gasteiger partial charge in [-0.25, -0.2) is 0 Å². The standard InChI is InChI=1S/C25H23N/c1-18-11-14-22(15-12-18)26(24-16-13-19(2)17-20(24)3)25-10-6-8-21-7-4-5-9-23(21)25/h4-17H,1-3H3. The first kappa shape index (κ1) is 16.4. The Hall–Kier alpha value is -3.06.